The number of allylic oxidation sites excluding steroid dienone is 1. The first-order valence-electron chi connectivity index (χ1n) is 11.6. The van der Waals surface area contributed by atoms with Crippen molar-refractivity contribution in [2.24, 2.45) is 4.99 Å². The van der Waals surface area contributed by atoms with Crippen LogP contribution in [0, 0.1) is 0 Å². The molecule has 8 nitrogen and oxygen atoms in total. The molecule has 2 aromatic heterocycles. The molecule has 0 saturated heterocycles. The molecular weight excluding hydrogens is 466 g/mol. The summed E-state index contributed by atoms with van der Waals surface area (Å²) in [6, 6.07) is 10.4. The Bertz CT molecular complexity index is 1420. The molecule has 4 rings (SSSR count). The Kier molecular flexibility index (Phi) is 7.25. The molecule has 3 heterocycles. The number of methoxy groups -OCH3 is 1. The highest BCUT2D eigenvalue weighted by atomic mass is 32.1. The van der Waals surface area contributed by atoms with Gasteiger partial charge in [0.15, 0.2) is 10.7 Å². The van der Waals surface area contributed by atoms with Gasteiger partial charge in [-0.25, -0.2) is 9.79 Å². The van der Waals surface area contributed by atoms with Crippen LogP contribution in [0.4, 0.5) is 5.88 Å². The van der Waals surface area contributed by atoms with E-state index in [-0.39, 0.29) is 12.2 Å². The van der Waals surface area contributed by atoms with E-state index in [4.69, 9.17) is 13.9 Å². The van der Waals surface area contributed by atoms with Crippen molar-refractivity contribution < 1.29 is 18.7 Å². The van der Waals surface area contributed by atoms with Crippen LogP contribution >= 0.6 is 11.3 Å². The number of thiazole rings is 1. The Labute approximate surface area is 207 Å². The lowest BCUT2D eigenvalue weighted by atomic mass is 9.96. The minimum absolute atomic E-state index is 0.225. The van der Waals surface area contributed by atoms with Gasteiger partial charge in [-0.05, 0) is 51.5 Å². The van der Waals surface area contributed by atoms with E-state index in [0.717, 1.165) is 24.5 Å². The summed E-state index contributed by atoms with van der Waals surface area (Å²) in [6.07, 6.45) is 1.73. The molecule has 0 N–H and O–H groups in total. The molecule has 0 fully saturated rings. The molecule has 0 spiro atoms. The van der Waals surface area contributed by atoms with E-state index in [1.165, 1.54) is 11.3 Å². The first kappa shape index (κ1) is 24.5. The number of carbonyl (C=O) groups is 1. The summed E-state index contributed by atoms with van der Waals surface area (Å²) >= 11 is 1.27. The number of aromatic nitrogens is 1. The largest absolute Gasteiger partial charge is 0.497 e. The van der Waals surface area contributed by atoms with E-state index in [1.807, 2.05) is 24.3 Å². The van der Waals surface area contributed by atoms with E-state index >= 15 is 0 Å². The molecule has 35 heavy (non-hydrogen) atoms. The van der Waals surface area contributed by atoms with Crippen molar-refractivity contribution in [3.05, 3.63) is 78.7 Å². The normalized spacial score (nSPS) is 15.6. The van der Waals surface area contributed by atoms with Gasteiger partial charge in [0.05, 0.1) is 35.6 Å². The number of rotatable bonds is 8. The van der Waals surface area contributed by atoms with Crippen LogP contribution in [0.3, 0.4) is 0 Å². The lowest BCUT2D eigenvalue weighted by Crippen LogP contribution is -2.39. The number of esters is 1. The Morgan fingerprint density at radius 1 is 1.17 bits per heavy atom. The van der Waals surface area contributed by atoms with Crippen LogP contribution < -0.4 is 24.5 Å². The molecule has 1 aromatic carbocycles. The Hall–Kier alpha value is -3.59. The van der Waals surface area contributed by atoms with Crippen molar-refractivity contribution in [3.63, 3.8) is 0 Å². The third kappa shape index (κ3) is 4.68. The second-order valence-corrected chi connectivity index (χ2v) is 8.93. The van der Waals surface area contributed by atoms with Gasteiger partial charge in [-0.15, -0.1) is 0 Å². The number of nitrogens with zero attached hydrogens (tertiary/aromatic N) is 3. The fraction of sp³-hybridized carbons (Fsp3) is 0.346. The predicted octanol–water partition coefficient (Wildman–Crippen LogP) is 3.25. The number of hydrogen-bond acceptors (Lipinski definition) is 8. The quantitative estimate of drug-likeness (QED) is 0.446. The molecule has 0 saturated carbocycles. The maximum Gasteiger partial charge on any atom is 0.338 e. The summed E-state index contributed by atoms with van der Waals surface area (Å²) in [4.78, 5) is 33.8. The number of anilines is 1. The van der Waals surface area contributed by atoms with Crippen molar-refractivity contribution in [2.45, 2.75) is 33.7 Å². The van der Waals surface area contributed by atoms with E-state index in [2.05, 4.69) is 23.7 Å². The topological polar surface area (TPSA) is 86.3 Å². The third-order valence-corrected chi connectivity index (χ3v) is 6.89. The Morgan fingerprint density at radius 2 is 1.89 bits per heavy atom. The standard InChI is InChI=1S/C26H29N3O5S/c1-6-28(7-2)21-14-13-19(34-21)15-20-24(30)29-23(17-9-11-18(32-5)12-10-17)22(25(31)33-8-3)16(4)27-26(29)35-20/h9-15,23H,6-8H2,1-5H3/b20-15+. The smallest absolute Gasteiger partial charge is 0.338 e. The van der Waals surface area contributed by atoms with Gasteiger partial charge in [0.2, 0.25) is 0 Å². The van der Waals surface area contributed by atoms with Gasteiger partial charge < -0.3 is 18.8 Å². The number of ether oxygens (including phenoxy) is 2. The molecule has 1 atom stereocenters. The van der Waals surface area contributed by atoms with Crippen LogP contribution in [-0.4, -0.2) is 37.3 Å². The average molecular weight is 496 g/mol. The summed E-state index contributed by atoms with van der Waals surface area (Å²) in [5.74, 6) is 1.53. The second kappa shape index (κ2) is 10.4. The van der Waals surface area contributed by atoms with Crippen LogP contribution in [-0.2, 0) is 9.53 Å². The zero-order valence-electron chi connectivity index (χ0n) is 20.5. The van der Waals surface area contributed by atoms with Gasteiger partial charge in [0.1, 0.15) is 11.5 Å². The second-order valence-electron chi connectivity index (χ2n) is 7.92. The average Bonchev–Trinajstić information content (AvgIpc) is 3.43. The molecule has 1 aliphatic heterocycles. The van der Waals surface area contributed by atoms with Gasteiger partial charge in [-0.1, -0.05) is 23.5 Å². The highest BCUT2D eigenvalue weighted by Gasteiger charge is 2.33. The molecule has 1 aliphatic rings. The van der Waals surface area contributed by atoms with Gasteiger partial charge in [-0.3, -0.25) is 9.36 Å². The van der Waals surface area contributed by atoms with Crippen molar-refractivity contribution in [3.8, 4) is 5.75 Å². The predicted molar refractivity (Wildman–Crippen MR) is 136 cm³/mol. The van der Waals surface area contributed by atoms with Crippen molar-refractivity contribution in [2.75, 3.05) is 31.7 Å². The van der Waals surface area contributed by atoms with Crippen LogP contribution in [0.2, 0.25) is 0 Å². The molecule has 3 aromatic rings. The van der Waals surface area contributed by atoms with Crippen molar-refractivity contribution in [1.29, 1.82) is 0 Å². The summed E-state index contributed by atoms with van der Waals surface area (Å²) in [5, 5.41) is 0. The van der Waals surface area contributed by atoms with E-state index < -0.39 is 12.0 Å². The summed E-state index contributed by atoms with van der Waals surface area (Å²) in [5.41, 5.74) is 1.39. The molecule has 0 amide bonds. The monoisotopic (exact) mass is 495 g/mol. The van der Waals surface area contributed by atoms with Gasteiger partial charge in [0.25, 0.3) is 5.56 Å². The summed E-state index contributed by atoms with van der Waals surface area (Å²) < 4.78 is 18.6. The highest BCUT2D eigenvalue weighted by molar-refractivity contribution is 7.07. The molecule has 0 aliphatic carbocycles. The first-order valence-corrected chi connectivity index (χ1v) is 12.4. The summed E-state index contributed by atoms with van der Waals surface area (Å²) in [6.45, 7) is 9.51. The van der Waals surface area contributed by atoms with Crippen molar-refractivity contribution >= 4 is 29.3 Å². The highest BCUT2D eigenvalue weighted by Crippen LogP contribution is 2.31. The fourth-order valence-corrected chi connectivity index (χ4v) is 5.17. The molecule has 0 radical (unpaired) electrons. The molecule has 9 heteroatoms. The number of furan rings is 1. The van der Waals surface area contributed by atoms with Crippen molar-refractivity contribution in [1.82, 2.24) is 4.57 Å². The number of carbonyl (C=O) groups excluding carboxylic acids is 1. The molecule has 1 unspecified atom stereocenters. The third-order valence-electron chi connectivity index (χ3n) is 5.91. The first-order chi connectivity index (χ1) is 16.9. The van der Waals surface area contributed by atoms with Gasteiger partial charge >= 0.3 is 5.97 Å². The zero-order valence-corrected chi connectivity index (χ0v) is 21.3. The van der Waals surface area contributed by atoms with Crippen LogP contribution in [0.5, 0.6) is 5.75 Å². The van der Waals surface area contributed by atoms with Crippen LogP contribution in [0.15, 0.2) is 61.9 Å². The molecule has 0 bridgehead atoms. The molecule has 184 valence electrons. The minimum Gasteiger partial charge on any atom is -0.497 e. The lowest BCUT2D eigenvalue weighted by molar-refractivity contribution is -0.139. The Morgan fingerprint density at radius 3 is 2.51 bits per heavy atom. The van der Waals surface area contributed by atoms with Gasteiger partial charge in [-0.2, -0.15) is 0 Å². The zero-order chi connectivity index (χ0) is 25.1. The van der Waals surface area contributed by atoms with Gasteiger partial charge in [0, 0.05) is 25.2 Å². The van der Waals surface area contributed by atoms with Crippen LogP contribution in [0.1, 0.15) is 45.1 Å². The number of fused-ring (bicyclic) bond motifs is 1. The minimum atomic E-state index is -0.666. The maximum atomic E-state index is 13.6. The molecular formula is C26H29N3O5S. The maximum absolute atomic E-state index is 13.6. The number of benzene rings is 1. The Balaban J connectivity index is 1.87. The number of hydrogen-bond donors (Lipinski definition) is 0. The lowest BCUT2D eigenvalue weighted by Gasteiger charge is -2.24. The van der Waals surface area contributed by atoms with E-state index in [0.29, 0.717) is 32.1 Å². The summed E-state index contributed by atoms with van der Waals surface area (Å²) in [7, 11) is 1.59. The van der Waals surface area contributed by atoms with Crippen LogP contribution in [0.25, 0.3) is 6.08 Å². The van der Waals surface area contributed by atoms with E-state index in [1.54, 1.807) is 43.7 Å². The SMILES string of the molecule is CCOC(=O)C1=C(C)N=c2s/c(=C/c3ccc(N(CC)CC)o3)c(=O)n2C1c1ccc(OC)cc1. The van der Waals surface area contributed by atoms with E-state index in [9.17, 15) is 9.59 Å². The fourth-order valence-electron chi connectivity index (χ4n) is 4.15.